The molecule has 124 valence electrons. The Kier molecular flexibility index (Phi) is 5.13. The number of allylic oxidation sites excluding steroid dienone is 2. The first-order valence-electron chi connectivity index (χ1n) is 7.14. The van der Waals surface area contributed by atoms with Crippen molar-refractivity contribution in [1.29, 1.82) is 0 Å². The highest BCUT2D eigenvalue weighted by atomic mass is 19.4. The fraction of sp³-hybridized carbons (Fsp3) is 0.353. The summed E-state index contributed by atoms with van der Waals surface area (Å²) in [4.78, 5) is 11.6. The number of rotatable bonds is 4. The summed E-state index contributed by atoms with van der Waals surface area (Å²) in [7, 11) is 1.30. The minimum atomic E-state index is -4.36. The van der Waals surface area contributed by atoms with Crippen LogP contribution in [0.1, 0.15) is 40.7 Å². The second kappa shape index (κ2) is 6.89. The highest BCUT2D eigenvalue weighted by molar-refractivity contribution is 5.90. The van der Waals surface area contributed by atoms with Crippen molar-refractivity contribution in [3.8, 4) is 0 Å². The summed E-state index contributed by atoms with van der Waals surface area (Å²) in [6, 6.07) is 4.93. The summed E-state index contributed by atoms with van der Waals surface area (Å²) in [6.45, 7) is 3.34. The maximum absolute atomic E-state index is 12.4. The molecule has 0 fully saturated rings. The van der Waals surface area contributed by atoms with Crippen LogP contribution in [0.2, 0.25) is 0 Å². The zero-order valence-electron chi connectivity index (χ0n) is 12.7. The molecule has 0 saturated carbocycles. The SMILES string of the molecule is C=C(CC(F)(F)F)OC1=CCCCc2cc(C(=O)OC)ccc21. The van der Waals surface area contributed by atoms with Gasteiger partial charge >= 0.3 is 12.1 Å². The van der Waals surface area contributed by atoms with E-state index in [1.54, 1.807) is 24.3 Å². The quantitative estimate of drug-likeness (QED) is 0.597. The van der Waals surface area contributed by atoms with Crippen LogP contribution in [0, 0.1) is 0 Å². The van der Waals surface area contributed by atoms with E-state index in [-0.39, 0.29) is 5.76 Å². The third-order valence-electron chi connectivity index (χ3n) is 3.42. The first-order valence-corrected chi connectivity index (χ1v) is 7.14. The highest BCUT2D eigenvalue weighted by Crippen LogP contribution is 2.32. The molecular formula is C17H17F3O3. The van der Waals surface area contributed by atoms with Gasteiger partial charge in [-0.1, -0.05) is 12.6 Å². The Hall–Kier alpha value is -2.24. The summed E-state index contributed by atoms with van der Waals surface area (Å²) < 4.78 is 47.2. The Bertz CT molecular complexity index is 645. The van der Waals surface area contributed by atoms with Gasteiger partial charge in [0.2, 0.25) is 0 Å². The summed E-state index contributed by atoms with van der Waals surface area (Å²) >= 11 is 0. The monoisotopic (exact) mass is 326 g/mol. The van der Waals surface area contributed by atoms with Gasteiger partial charge in [0.25, 0.3) is 0 Å². The van der Waals surface area contributed by atoms with E-state index in [0.29, 0.717) is 29.7 Å². The molecular weight excluding hydrogens is 309 g/mol. The molecule has 0 aliphatic heterocycles. The zero-order chi connectivity index (χ0) is 17.0. The molecule has 23 heavy (non-hydrogen) atoms. The molecule has 0 spiro atoms. The molecule has 6 heteroatoms. The van der Waals surface area contributed by atoms with Crippen molar-refractivity contribution >= 4 is 11.7 Å². The van der Waals surface area contributed by atoms with Crippen LogP contribution in [0.5, 0.6) is 0 Å². The van der Waals surface area contributed by atoms with Gasteiger partial charge in [-0.25, -0.2) is 4.79 Å². The van der Waals surface area contributed by atoms with Gasteiger partial charge in [-0.05, 0) is 43.0 Å². The number of alkyl halides is 3. The topological polar surface area (TPSA) is 35.5 Å². The van der Waals surface area contributed by atoms with Crippen molar-refractivity contribution in [3.63, 3.8) is 0 Å². The molecule has 1 aromatic carbocycles. The van der Waals surface area contributed by atoms with Gasteiger partial charge in [-0.2, -0.15) is 13.2 Å². The van der Waals surface area contributed by atoms with Gasteiger partial charge in [0.15, 0.2) is 0 Å². The predicted octanol–water partition coefficient (Wildman–Crippen LogP) is 4.63. The Morgan fingerprint density at radius 2 is 2.09 bits per heavy atom. The summed E-state index contributed by atoms with van der Waals surface area (Å²) in [5.74, 6) is -0.457. The third-order valence-corrected chi connectivity index (χ3v) is 3.42. The predicted molar refractivity (Wildman–Crippen MR) is 79.6 cm³/mol. The van der Waals surface area contributed by atoms with E-state index in [2.05, 4.69) is 11.3 Å². The van der Waals surface area contributed by atoms with Crippen molar-refractivity contribution in [3.05, 3.63) is 53.3 Å². The van der Waals surface area contributed by atoms with E-state index >= 15 is 0 Å². The van der Waals surface area contributed by atoms with Gasteiger partial charge in [0.05, 0.1) is 12.7 Å². The number of carbonyl (C=O) groups excluding carboxylic acids is 1. The maximum atomic E-state index is 12.4. The molecule has 1 aromatic rings. The summed E-state index contributed by atoms with van der Waals surface area (Å²) in [6.07, 6.45) is -1.60. The van der Waals surface area contributed by atoms with Crippen molar-refractivity contribution < 1.29 is 27.4 Å². The van der Waals surface area contributed by atoms with Crippen LogP contribution in [0.25, 0.3) is 5.76 Å². The van der Waals surface area contributed by atoms with Gasteiger partial charge in [0.1, 0.15) is 17.9 Å². The van der Waals surface area contributed by atoms with Gasteiger partial charge in [0, 0.05) is 5.56 Å². The Balaban J connectivity index is 2.25. The number of carbonyl (C=O) groups is 1. The van der Waals surface area contributed by atoms with Crippen LogP contribution in [0.4, 0.5) is 13.2 Å². The van der Waals surface area contributed by atoms with Crippen LogP contribution in [-0.4, -0.2) is 19.3 Å². The summed E-state index contributed by atoms with van der Waals surface area (Å²) in [5.41, 5.74) is 1.93. The highest BCUT2D eigenvalue weighted by Gasteiger charge is 2.30. The van der Waals surface area contributed by atoms with Crippen LogP contribution in [0.3, 0.4) is 0 Å². The first-order chi connectivity index (χ1) is 10.8. The average Bonchev–Trinajstić information content (AvgIpc) is 2.66. The molecule has 0 unspecified atom stereocenters. The normalized spacial score (nSPS) is 14.3. The molecule has 1 aliphatic rings. The zero-order valence-corrected chi connectivity index (χ0v) is 12.7. The smallest absolute Gasteiger partial charge is 0.396 e. The molecule has 0 atom stereocenters. The van der Waals surface area contributed by atoms with E-state index < -0.39 is 18.6 Å². The molecule has 3 nitrogen and oxygen atoms in total. The standard InChI is InChI=1S/C17H17F3O3/c1-11(10-17(18,19)20)23-15-6-4-3-5-12-9-13(16(21)22-2)7-8-14(12)15/h6-9H,1,3-5,10H2,2H3. The van der Waals surface area contributed by atoms with Gasteiger partial charge in [-0.3, -0.25) is 0 Å². The van der Waals surface area contributed by atoms with Crippen molar-refractivity contribution in [2.75, 3.05) is 7.11 Å². The van der Waals surface area contributed by atoms with E-state index in [1.165, 1.54) is 7.11 Å². The Labute approximate surface area is 132 Å². The molecule has 0 amide bonds. The molecule has 0 bridgehead atoms. The number of ether oxygens (including phenoxy) is 2. The molecule has 0 N–H and O–H groups in total. The second-order valence-corrected chi connectivity index (χ2v) is 5.26. The molecule has 0 aromatic heterocycles. The number of benzene rings is 1. The number of esters is 1. The molecule has 0 saturated heterocycles. The lowest BCUT2D eigenvalue weighted by Gasteiger charge is -2.16. The molecule has 1 aliphatic carbocycles. The van der Waals surface area contributed by atoms with Crippen molar-refractivity contribution in [2.24, 2.45) is 0 Å². The van der Waals surface area contributed by atoms with E-state index in [1.807, 2.05) is 0 Å². The minimum absolute atomic E-state index is 0.350. The van der Waals surface area contributed by atoms with E-state index in [4.69, 9.17) is 4.74 Å². The van der Waals surface area contributed by atoms with Crippen LogP contribution in [-0.2, 0) is 15.9 Å². The van der Waals surface area contributed by atoms with Crippen LogP contribution < -0.4 is 0 Å². The number of fused-ring (bicyclic) bond motifs is 1. The van der Waals surface area contributed by atoms with Crippen molar-refractivity contribution in [2.45, 2.75) is 31.9 Å². The molecule has 0 heterocycles. The maximum Gasteiger partial charge on any atom is 0.396 e. The number of methoxy groups -OCH3 is 1. The first kappa shape index (κ1) is 17.1. The Morgan fingerprint density at radius 3 is 2.74 bits per heavy atom. The average molecular weight is 326 g/mol. The van der Waals surface area contributed by atoms with Crippen LogP contribution >= 0.6 is 0 Å². The second-order valence-electron chi connectivity index (χ2n) is 5.26. The number of halogens is 3. The lowest BCUT2D eigenvalue weighted by atomic mass is 10.0. The fourth-order valence-corrected chi connectivity index (χ4v) is 2.43. The fourth-order valence-electron chi connectivity index (χ4n) is 2.43. The van der Waals surface area contributed by atoms with Gasteiger partial charge < -0.3 is 9.47 Å². The third kappa shape index (κ3) is 4.61. The number of hydrogen-bond acceptors (Lipinski definition) is 3. The Morgan fingerprint density at radius 1 is 1.35 bits per heavy atom. The molecule has 2 rings (SSSR count). The van der Waals surface area contributed by atoms with E-state index in [0.717, 1.165) is 12.0 Å². The lowest BCUT2D eigenvalue weighted by molar-refractivity contribution is -0.132. The molecule has 0 radical (unpaired) electrons. The number of hydrogen-bond donors (Lipinski definition) is 0. The summed E-state index contributed by atoms with van der Waals surface area (Å²) in [5, 5.41) is 0. The number of aryl methyl sites for hydroxylation is 1. The lowest BCUT2D eigenvalue weighted by Crippen LogP contribution is -2.10. The minimum Gasteiger partial charge on any atom is -0.465 e. The van der Waals surface area contributed by atoms with Crippen LogP contribution in [0.15, 0.2) is 36.6 Å². The van der Waals surface area contributed by atoms with Gasteiger partial charge in [-0.15, -0.1) is 0 Å². The largest absolute Gasteiger partial charge is 0.465 e. The van der Waals surface area contributed by atoms with E-state index in [9.17, 15) is 18.0 Å². The van der Waals surface area contributed by atoms with Crippen molar-refractivity contribution in [1.82, 2.24) is 0 Å².